The molecule has 0 bridgehead atoms. The molecule has 6 heteroatoms. The number of furan rings is 1. The van der Waals surface area contributed by atoms with E-state index in [4.69, 9.17) is 19.4 Å². The lowest BCUT2D eigenvalue weighted by Gasteiger charge is -2.09. The molecule has 7 aromatic carbocycles. The minimum atomic E-state index is 0.628. The lowest BCUT2D eigenvalue weighted by Crippen LogP contribution is -2.00. The van der Waals surface area contributed by atoms with Crippen LogP contribution in [0.1, 0.15) is 0 Å². The third kappa shape index (κ3) is 4.54. The van der Waals surface area contributed by atoms with Gasteiger partial charge in [-0.3, -0.25) is 0 Å². The van der Waals surface area contributed by atoms with Gasteiger partial charge in [0.1, 0.15) is 11.2 Å². The molecule has 4 nitrogen and oxygen atoms in total. The molecule has 0 aliphatic carbocycles. The zero-order valence-corrected chi connectivity index (χ0v) is 28.6. The highest BCUT2D eigenvalue weighted by Gasteiger charge is 2.18. The van der Waals surface area contributed by atoms with E-state index >= 15 is 0 Å². The van der Waals surface area contributed by atoms with Crippen LogP contribution < -0.4 is 0 Å². The third-order valence-corrected chi connectivity index (χ3v) is 12.2. The quantitative estimate of drug-likeness (QED) is 0.185. The zero-order chi connectivity index (χ0) is 33.5. The molecule has 0 fully saturated rings. The molecule has 0 radical (unpaired) electrons. The molecule has 0 saturated heterocycles. The number of benzene rings is 7. The Balaban J connectivity index is 1.09. The summed E-state index contributed by atoms with van der Waals surface area (Å²) in [7, 11) is 0. The second-order valence-electron chi connectivity index (χ2n) is 12.8. The fourth-order valence-electron chi connectivity index (χ4n) is 7.32. The number of para-hydroxylation sites is 1. The molecule has 0 amide bonds. The van der Waals surface area contributed by atoms with Gasteiger partial charge in [-0.15, -0.1) is 22.7 Å². The van der Waals surface area contributed by atoms with E-state index in [1.165, 1.54) is 46.8 Å². The molecule has 0 aliphatic rings. The standard InChI is InChI=1S/C45H25N3OS2/c1-2-10-26(11-3-1)43-46-44(28-21-23-38-36(24-28)30-12-4-6-18-37(30)49-38)48-45(47-43)35-17-9-16-34-32-22-20-27(25-40(32)51-42(34)35)29-14-8-15-33-31-13-5-7-19-39(31)50-41(29)33/h1-25H. The van der Waals surface area contributed by atoms with Crippen molar-refractivity contribution in [2.24, 2.45) is 0 Å². The van der Waals surface area contributed by atoms with Crippen LogP contribution in [0, 0.1) is 0 Å². The Morgan fingerprint density at radius 3 is 1.82 bits per heavy atom. The molecule has 11 aromatic rings. The molecule has 0 N–H and O–H groups in total. The van der Waals surface area contributed by atoms with Crippen molar-refractivity contribution in [2.45, 2.75) is 0 Å². The lowest BCUT2D eigenvalue weighted by molar-refractivity contribution is 0.669. The maximum Gasteiger partial charge on any atom is 0.165 e. The summed E-state index contributed by atoms with van der Waals surface area (Å²) in [6.45, 7) is 0. The first-order valence-corrected chi connectivity index (χ1v) is 18.5. The highest BCUT2D eigenvalue weighted by atomic mass is 32.1. The number of nitrogens with zero attached hydrogens (tertiary/aromatic N) is 3. The van der Waals surface area contributed by atoms with Gasteiger partial charge in [0, 0.05) is 67.8 Å². The Labute approximate surface area is 299 Å². The van der Waals surface area contributed by atoms with Gasteiger partial charge < -0.3 is 4.42 Å². The van der Waals surface area contributed by atoms with Gasteiger partial charge in [-0.2, -0.15) is 0 Å². The van der Waals surface area contributed by atoms with Crippen molar-refractivity contribution in [2.75, 3.05) is 0 Å². The number of rotatable bonds is 4. The number of aromatic nitrogens is 3. The molecule has 238 valence electrons. The number of hydrogen-bond donors (Lipinski definition) is 0. The third-order valence-electron chi connectivity index (χ3n) is 9.76. The SMILES string of the molecule is c1ccc(-c2nc(-c3ccc4oc5ccccc5c4c3)nc(-c3cccc4c3sc3cc(-c5cccc6c5sc5ccccc56)ccc34)n2)cc1. The second kappa shape index (κ2) is 11.2. The summed E-state index contributed by atoms with van der Waals surface area (Å²) in [5, 5.41) is 7.18. The van der Waals surface area contributed by atoms with Crippen molar-refractivity contribution >= 4 is 85.0 Å². The number of hydrogen-bond acceptors (Lipinski definition) is 6. The summed E-state index contributed by atoms with van der Waals surface area (Å²) in [6.07, 6.45) is 0. The largest absolute Gasteiger partial charge is 0.456 e. The maximum atomic E-state index is 6.13. The molecule has 0 saturated carbocycles. The molecule has 51 heavy (non-hydrogen) atoms. The fourth-order valence-corrected chi connectivity index (χ4v) is 9.81. The molecule has 0 spiro atoms. The van der Waals surface area contributed by atoms with Crippen molar-refractivity contribution in [3.8, 4) is 45.3 Å². The number of thiophene rings is 2. The fraction of sp³-hybridized carbons (Fsp3) is 0. The Hall–Kier alpha value is -6.21. The average molecular weight is 688 g/mol. The highest BCUT2D eigenvalue weighted by Crippen LogP contribution is 2.44. The summed E-state index contributed by atoms with van der Waals surface area (Å²) in [5.41, 5.74) is 7.06. The van der Waals surface area contributed by atoms with Crippen LogP contribution in [-0.2, 0) is 0 Å². The van der Waals surface area contributed by atoms with Crippen LogP contribution in [-0.4, -0.2) is 15.0 Å². The summed E-state index contributed by atoms with van der Waals surface area (Å²) in [5.74, 6) is 1.93. The van der Waals surface area contributed by atoms with Gasteiger partial charge in [0.15, 0.2) is 17.5 Å². The van der Waals surface area contributed by atoms with Crippen molar-refractivity contribution in [3.63, 3.8) is 0 Å². The molecule has 11 rings (SSSR count). The van der Waals surface area contributed by atoms with E-state index in [0.29, 0.717) is 17.5 Å². The first-order chi connectivity index (χ1) is 25.2. The highest BCUT2D eigenvalue weighted by molar-refractivity contribution is 7.27. The minimum absolute atomic E-state index is 0.628. The molecule has 0 unspecified atom stereocenters. The van der Waals surface area contributed by atoms with E-state index < -0.39 is 0 Å². The minimum Gasteiger partial charge on any atom is -0.456 e. The van der Waals surface area contributed by atoms with Crippen LogP contribution in [0.2, 0.25) is 0 Å². The van der Waals surface area contributed by atoms with Crippen LogP contribution in [0.15, 0.2) is 156 Å². The van der Waals surface area contributed by atoms with Crippen molar-refractivity contribution in [1.29, 1.82) is 0 Å². The average Bonchev–Trinajstić information content (AvgIpc) is 3.88. The topological polar surface area (TPSA) is 51.8 Å². The monoisotopic (exact) mass is 687 g/mol. The molecule has 4 aromatic heterocycles. The van der Waals surface area contributed by atoms with Crippen LogP contribution in [0.25, 0.3) is 108 Å². The zero-order valence-electron chi connectivity index (χ0n) is 27.0. The predicted octanol–water partition coefficient (Wildman–Crippen LogP) is 13.2. The van der Waals surface area contributed by atoms with E-state index in [9.17, 15) is 0 Å². The first-order valence-electron chi connectivity index (χ1n) is 16.8. The Bertz CT molecular complexity index is 3160. The van der Waals surface area contributed by atoms with Crippen LogP contribution in [0.3, 0.4) is 0 Å². The van der Waals surface area contributed by atoms with Crippen LogP contribution in [0.4, 0.5) is 0 Å². The maximum absolute atomic E-state index is 6.13. The van der Waals surface area contributed by atoms with Gasteiger partial charge in [0.05, 0.1) is 0 Å². The van der Waals surface area contributed by atoms with Gasteiger partial charge in [-0.05, 0) is 53.6 Å². The summed E-state index contributed by atoms with van der Waals surface area (Å²) in [4.78, 5) is 15.3. The molecule has 0 aliphatic heterocycles. The molecular weight excluding hydrogens is 663 g/mol. The summed E-state index contributed by atoms with van der Waals surface area (Å²) in [6, 6.07) is 53.2. The van der Waals surface area contributed by atoms with E-state index in [1.807, 2.05) is 72.0 Å². The van der Waals surface area contributed by atoms with Crippen LogP contribution >= 0.6 is 22.7 Å². The Morgan fingerprint density at radius 2 is 0.961 bits per heavy atom. The van der Waals surface area contributed by atoms with Crippen molar-refractivity contribution in [1.82, 2.24) is 15.0 Å². The lowest BCUT2D eigenvalue weighted by atomic mass is 10.0. The van der Waals surface area contributed by atoms with Crippen molar-refractivity contribution in [3.05, 3.63) is 152 Å². The Morgan fingerprint density at radius 1 is 0.353 bits per heavy atom. The molecule has 4 heterocycles. The molecule has 0 atom stereocenters. The summed E-state index contributed by atoms with van der Waals surface area (Å²) < 4.78 is 11.2. The van der Waals surface area contributed by atoms with Gasteiger partial charge in [-0.1, -0.05) is 109 Å². The normalized spacial score (nSPS) is 11.9. The molecular formula is C45H25N3OS2. The van der Waals surface area contributed by atoms with Gasteiger partial charge in [-0.25, -0.2) is 15.0 Å². The van der Waals surface area contributed by atoms with E-state index in [2.05, 4.69) is 91.0 Å². The van der Waals surface area contributed by atoms with Gasteiger partial charge in [0.25, 0.3) is 0 Å². The summed E-state index contributed by atoms with van der Waals surface area (Å²) >= 11 is 3.67. The van der Waals surface area contributed by atoms with Crippen molar-refractivity contribution < 1.29 is 4.42 Å². The number of fused-ring (bicyclic) bond motifs is 9. The second-order valence-corrected chi connectivity index (χ2v) is 14.9. The first kappa shape index (κ1) is 28.6. The smallest absolute Gasteiger partial charge is 0.165 e. The predicted molar refractivity (Wildman–Crippen MR) is 215 cm³/mol. The van der Waals surface area contributed by atoms with Gasteiger partial charge in [0.2, 0.25) is 0 Å². The van der Waals surface area contributed by atoms with E-state index in [1.54, 1.807) is 11.3 Å². The van der Waals surface area contributed by atoms with E-state index in [-0.39, 0.29) is 0 Å². The van der Waals surface area contributed by atoms with E-state index in [0.717, 1.165) is 43.3 Å². The Kier molecular flexibility index (Phi) is 6.26. The van der Waals surface area contributed by atoms with Crippen LogP contribution in [0.5, 0.6) is 0 Å². The van der Waals surface area contributed by atoms with Gasteiger partial charge >= 0.3 is 0 Å².